The Morgan fingerprint density at radius 1 is 1.03 bits per heavy atom. The first kappa shape index (κ1) is 21.7. The number of aryl methyl sites for hydroxylation is 1. The molecular weight excluding hydrogens is 380 g/mol. The maximum Gasteiger partial charge on any atom is 0.266 e. The van der Waals surface area contributed by atoms with E-state index in [4.69, 9.17) is 4.74 Å². The van der Waals surface area contributed by atoms with E-state index < -0.39 is 23.6 Å². The van der Waals surface area contributed by atoms with Crippen molar-refractivity contribution in [2.75, 3.05) is 0 Å². The first-order valence-electron chi connectivity index (χ1n) is 10.4. The minimum atomic E-state index is -2.90. The Labute approximate surface area is 170 Å². The number of alkyl halides is 2. The molecule has 0 atom stereocenters. The van der Waals surface area contributed by atoms with Crippen molar-refractivity contribution in [2.24, 2.45) is 5.92 Å². The Morgan fingerprint density at radius 2 is 1.76 bits per heavy atom. The molecule has 0 unspecified atom stereocenters. The molecule has 0 N–H and O–H groups in total. The average Bonchev–Trinajstić information content (AvgIpc) is 2.69. The number of rotatable bonds is 7. The SMILES string of the molecule is CCCC1CCC(c2ccc(OCc3ccc(C)c(C(F)F)c3F)c(F)c2)CC1. The minimum Gasteiger partial charge on any atom is -0.486 e. The smallest absolute Gasteiger partial charge is 0.266 e. The molecule has 0 bridgehead atoms. The summed E-state index contributed by atoms with van der Waals surface area (Å²) < 4.78 is 60.4. The molecule has 0 heterocycles. The lowest BCUT2D eigenvalue weighted by Crippen LogP contribution is -2.13. The first-order valence-corrected chi connectivity index (χ1v) is 10.4. The second kappa shape index (κ2) is 9.64. The highest BCUT2D eigenvalue weighted by molar-refractivity contribution is 5.35. The standard InChI is InChI=1S/C24H28F4O/c1-3-4-16-6-9-17(10-7-16)18-11-12-21(20(25)13-18)29-14-19-8-5-15(2)22(23(19)26)24(27)28/h5,8,11-13,16-17,24H,3-4,6-7,9-10,14H2,1-2H3. The Bertz CT molecular complexity index is 826. The molecule has 0 saturated heterocycles. The van der Waals surface area contributed by atoms with Crippen LogP contribution in [0.5, 0.6) is 5.75 Å². The molecule has 0 spiro atoms. The monoisotopic (exact) mass is 408 g/mol. The summed E-state index contributed by atoms with van der Waals surface area (Å²) in [6.45, 7) is 3.34. The third kappa shape index (κ3) is 5.12. The molecule has 1 saturated carbocycles. The van der Waals surface area contributed by atoms with Crippen LogP contribution in [0.2, 0.25) is 0 Å². The van der Waals surface area contributed by atoms with Gasteiger partial charge in [0, 0.05) is 5.56 Å². The van der Waals surface area contributed by atoms with Crippen molar-refractivity contribution >= 4 is 0 Å². The van der Waals surface area contributed by atoms with Crippen molar-refractivity contribution in [1.82, 2.24) is 0 Å². The predicted molar refractivity (Wildman–Crippen MR) is 106 cm³/mol. The summed E-state index contributed by atoms with van der Waals surface area (Å²) in [6, 6.07) is 7.74. The molecule has 5 heteroatoms. The molecular formula is C24H28F4O. The van der Waals surface area contributed by atoms with Crippen molar-refractivity contribution in [3.8, 4) is 5.75 Å². The summed E-state index contributed by atoms with van der Waals surface area (Å²) in [7, 11) is 0. The molecule has 0 amide bonds. The molecule has 1 nitrogen and oxygen atoms in total. The van der Waals surface area contributed by atoms with E-state index >= 15 is 0 Å². The van der Waals surface area contributed by atoms with Gasteiger partial charge in [-0.1, -0.05) is 38.0 Å². The fraction of sp³-hybridized carbons (Fsp3) is 0.500. The average molecular weight is 408 g/mol. The van der Waals surface area contributed by atoms with E-state index in [2.05, 4.69) is 6.92 Å². The molecule has 0 radical (unpaired) electrons. The fourth-order valence-electron chi connectivity index (χ4n) is 4.35. The lowest BCUT2D eigenvalue weighted by molar-refractivity contribution is 0.144. The van der Waals surface area contributed by atoms with Crippen molar-refractivity contribution in [1.29, 1.82) is 0 Å². The van der Waals surface area contributed by atoms with E-state index in [9.17, 15) is 17.6 Å². The van der Waals surface area contributed by atoms with E-state index in [0.29, 0.717) is 5.92 Å². The highest BCUT2D eigenvalue weighted by atomic mass is 19.3. The van der Waals surface area contributed by atoms with Crippen LogP contribution in [0.3, 0.4) is 0 Å². The summed E-state index contributed by atoms with van der Waals surface area (Å²) in [5.41, 5.74) is 0.515. The fourth-order valence-corrected chi connectivity index (χ4v) is 4.35. The van der Waals surface area contributed by atoms with Crippen molar-refractivity contribution in [3.63, 3.8) is 0 Å². The van der Waals surface area contributed by atoms with Gasteiger partial charge in [-0.15, -0.1) is 0 Å². The van der Waals surface area contributed by atoms with Gasteiger partial charge < -0.3 is 4.74 Å². The van der Waals surface area contributed by atoms with Crippen molar-refractivity contribution in [3.05, 3.63) is 64.2 Å². The zero-order valence-corrected chi connectivity index (χ0v) is 17.0. The van der Waals surface area contributed by atoms with E-state index in [1.807, 2.05) is 6.07 Å². The second-order valence-corrected chi connectivity index (χ2v) is 8.05. The van der Waals surface area contributed by atoms with Gasteiger partial charge in [-0.2, -0.15) is 0 Å². The lowest BCUT2D eigenvalue weighted by atomic mass is 9.77. The normalized spacial score (nSPS) is 19.6. The summed E-state index contributed by atoms with van der Waals surface area (Å²) in [4.78, 5) is 0. The first-order chi connectivity index (χ1) is 13.9. The van der Waals surface area contributed by atoms with Gasteiger partial charge in [0.1, 0.15) is 12.4 Å². The van der Waals surface area contributed by atoms with Crippen LogP contribution in [0.1, 0.15) is 80.0 Å². The van der Waals surface area contributed by atoms with E-state index in [1.54, 1.807) is 6.07 Å². The van der Waals surface area contributed by atoms with Gasteiger partial charge >= 0.3 is 0 Å². The summed E-state index contributed by atoms with van der Waals surface area (Å²) in [5.74, 6) is -0.339. The van der Waals surface area contributed by atoms with E-state index in [0.717, 1.165) is 24.3 Å². The van der Waals surface area contributed by atoms with Gasteiger partial charge in [0.25, 0.3) is 6.43 Å². The zero-order chi connectivity index (χ0) is 21.0. The quantitative estimate of drug-likeness (QED) is 0.424. The van der Waals surface area contributed by atoms with Crippen LogP contribution in [0.4, 0.5) is 17.6 Å². The number of benzene rings is 2. The maximum atomic E-state index is 14.5. The lowest BCUT2D eigenvalue weighted by Gasteiger charge is -2.28. The Morgan fingerprint density at radius 3 is 2.38 bits per heavy atom. The van der Waals surface area contributed by atoms with Crippen LogP contribution in [-0.4, -0.2) is 0 Å². The third-order valence-electron chi connectivity index (χ3n) is 6.05. The number of hydrogen-bond donors (Lipinski definition) is 0. The molecule has 1 aliphatic rings. The number of ether oxygens (including phenoxy) is 1. The van der Waals surface area contributed by atoms with Crippen LogP contribution >= 0.6 is 0 Å². The van der Waals surface area contributed by atoms with Crippen LogP contribution in [0, 0.1) is 24.5 Å². The molecule has 0 aliphatic heterocycles. The molecule has 1 aliphatic carbocycles. The molecule has 0 aromatic heterocycles. The van der Waals surface area contributed by atoms with Crippen LogP contribution in [0.25, 0.3) is 0 Å². The van der Waals surface area contributed by atoms with E-state index in [1.165, 1.54) is 50.8 Å². The van der Waals surface area contributed by atoms with Gasteiger partial charge in [0.15, 0.2) is 11.6 Å². The second-order valence-electron chi connectivity index (χ2n) is 8.05. The van der Waals surface area contributed by atoms with Crippen LogP contribution in [0.15, 0.2) is 30.3 Å². The molecule has 3 rings (SSSR count). The highest BCUT2D eigenvalue weighted by Crippen LogP contribution is 2.38. The topological polar surface area (TPSA) is 9.23 Å². The molecule has 2 aromatic rings. The van der Waals surface area contributed by atoms with Gasteiger partial charge in [-0.05, 0) is 67.7 Å². The Hall–Kier alpha value is -2.04. The minimum absolute atomic E-state index is 0.00647. The third-order valence-corrected chi connectivity index (χ3v) is 6.05. The molecule has 2 aromatic carbocycles. The van der Waals surface area contributed by atoms with Gasteiger partial charge in [0.2, 0.25) is 0 Å². The summed E-state index contributed by atoms with van der Waals surface area (Å²) in [5, 5.41) is 0. The van der Waals surface area contributed by atoms with Crippen molar-refractivity contribution in [2.45, 2.75) is 71.3 Å². The predicted octanol–water partition coefficient (Wildman–Crippen LogP) is 7.86. The highest BCUT2D eigenvalue weighted by Gasteiger charge is 2.23. The van der Waals surface area contributed by atoms with Gasteiger partial charge in [0.05, 0.1) is 5.56 Å². The van der Waals surface area contributed by atoms with Crippen LogP contribution in [-0.2, 0) is 6.61 Å². The molecule has 158 valence electrons. The van der Waals surface area contributed by atoms with E-state index in [-0.39, 0.29) is 23.5 Å². The Kier molecular flexibility index (Phi) is 7.20. The summed E-state index contributed by atoms with van der Waals surface area (Å²) in [6.07, 6.45) is 4.05. The Balaban J connectivity index is 1.66. The zero-order valence-electron chi connectivity index (χ0n) is 17.0. The molecule has 1 fully saturated rings. The molecule has 29 heavy (non-hydrogen) atoms. The van der Waals surface area contributed by atoms with Gasteiger partial charge in [-0.3, -0.25) is 0 Å². The van der Waals surface area contributed by atoms with Crippen molar-refractivity contribution < 1.29 is 22.3 Å². The van der Waals surface area contributed by atoms with Crippen LogP contribution < -0.4 is 4.74 Å². The van der Waals surface area contributed by atoms with Gasteiger partial charge in [-0.25, -0.2) is 17.6 Å². The number of halogens is 4. The number of hydrogen-bond acceptors (Lipinski definition) is 1. The maximum absolute atomic E-state index is 14.5. The largest absolute Gasteiger partial charge is 0.486 e. The summed E-state index contributed by atoms with van der Waals surface area (Å²) >= 11 is 0.